The number of hydrogen-bond donors (Lipinski definition) is 1. The van der Waals surface area contributed by atoms with Crippen molar-refractivity contribution in [1.29, 1.82) is 0 Å². The van der Waals surface area contributed by atoms with Gasteiger partial charge in [-0.3, -0.25) is 4.99 Å². The van der Waals surface area contributed by atoms with Crippen LogP contribution in [0.5, 0.6) is 0 Å². The van der Waals surface area contributed by atoms with E-state index in [1.165, 1.54) is 6.42 Å². The van der Waals surface area contributed by atoms with Crippen molar-refractivity contribution in [3.05, 3.63) is 18.7 Å². The Kier molecular flexibility index (Phi) is 6.91. The van der Waals surface area contributed by atoms with Gasteiger partial charge in [-0.2, -0.15) is 0 Å². The Morgan fingerprint density at radius 3 is 2.83 bits per heavy atom. The Morgan fingerprint density at radius 2 is 2.25 bits per heavy atom. The van der Waals surface area contributed by atoms with Gasteiger partial charge in [0.1, 0.15) is 0 Å². The molecule has 2 aliphatic rings. The van der Waals surface area contributed by atoms with Crippen molar-refractivity contribution in [2.45, 2.75) is 33.2 Å². The van der Waals surface area contributed by atoms with Crippen molar-refractivity contribution in [1.82, 2.24) is 19.8 Å². The largest absolute Gasteiger partial charge is 0.380 e. The van der Waals surface area contributed by atoms with Crippen molar-refractivity contribution < 1.29 is 4.74 Å². The van der Waals surface area contributed by atoms with Crippen molar-refractivity contribution in [2.75, 3.05) is 39.4 Å². The number of ether oxygens (including phenoxy) is 1. The molecule has 1 N–H and O–H groups in total. The molecule has 2 saturated heterocycles. The highest BCUT2D eigenvalue weighted by Crippen LogP contribution is 2.29. The summed E-state index contributed by atoms with van der Waals surface area (Å²) in [6.45, 7) is 12.1. The molecule has 2 unspecified atom stereocenters. The maximum absolute atomic E-state index is 5.34. The number of likely N-dealkylation sites (tertiary alicyclic amines) is 1. The van der Waals surface area contributed by atoms with Gasteiger partial charge in [0.15, 0.2) is 5.96 Å². The summed E-state index contributed by atoms with van der Waals surface area (Å²) in [4.78, 5) is 11.5. The number of piperidine rings is 1. The lowest BCUT2D eigenvalue weighted by Crippen LogP contribution is -2.50. The molecule has 0 bridgehead atoms. The Balaban J connectivity index is 0.00000208. The summed E-state index contributed by atoms with van der Waals surface area (Å²) >= 11 is 0. The summed E-state index contributed by atoms with van der Waals surface area (Å²) < 4.78 is 7.58. The molecule has 0 spiro atoms. The molecule has 24 heavy (non-hydrogen) atoms. The van der Waals surface area contributed by atoms with E-state index in [1.54, 1.807) is 0 Å². The number of guanidine groups is 1. The first kappa shape index (κ1) is 19.5. The van der Waals surface area contributed by atoms with Crippen LogP contribution in [0.25, 0.3) is 0 Å². The number of rotatable bonds is 4. The molecular weight excluding hydrogens is 417 g/mol. The van der Waals surface area contributed by atoms with E-state index in [1.807, 2.05) is 12.5 Å². The minimum Gasteiger partial charge on any atom is -0.380 e. The molecule has 3 heterocycles. The monoisotopic (exact) mass is 447 g/mol. The van der Waals surface area contributed by atoms with Crippen LogP contribution >= 0.6 is 24.0 Å². The van der Waals surface area contributed by atoms with Gasteiger partial charge < -0.3 is 19.5 Å². The zero-order chi connectivity index (χ0) is 16.3. The fourth-order valence-electron chi connectivity index (χ4n) is 3.33. The molecule has 1 aromatic heterocycles. The van der Waals surface area contributed by atoms with Crippen LogP contribution in [0, 0.1) is 11.3 Å². The first-order valence-electron chi connectivity index (χ1n) is 8.70. The molecule has 0 radical (unpaired) electrons. The Morgan fingerprint density at radius 1 is 1.46 bits per heavy atom. The van der Waals surface area contributed by atoms with Crippen LogP contribution in [0.1, 0.15) is 33.2 Å². The van der Waals surface area contributed by atoms with E-state index in [0.29, 0.717) is 12.0 Å². The molecule has 0 amide bonds. The van der Waals surface area contributed by atoms with E-state index >= 15 is 0 Å². The number of aliphatic imine (C=N–C) groups is 1. The molecule has 7 heteroatoms. The summed E-state index contributed by atoms with van der Waals surface area (Å²) in [7, 11) is 0. The van der Waals surface area contributed by atoms with Gasteiger partial charge in [0.25, 0.3) is 0 Å². The average Bonchev–Trinajstić information content (AvgIpc) is 3.04. The van der Waals surface area contributed by atoms with E-state index in [0.717, 1.165) is 45.4 Å². The Hall–Kier alpha value is -0.830. The normalized spacial score (nSPS) is 26.5. The zero-order valence-electron chi connectivity index (χ0n) is 14.9. The lowest BCUT2D eigenvalue weighted by atomic mass is 9.89. The zero-order valence-corrected chi connectivity index (χ0v) is 17.3. The molecule has 0 aromatic carbocycles. The second-order valence-electron chi connectivity index (χ2n) is 7.26. The third kappa shape index (κ3) is 4.41. The first-order valence-corrected chi connectivity index (χ1v) is 8.70. The highest BCUT2D eigenvalue weighted by Gasteiger charge is 2.34. The lowest BCUT2D eigenvalue weighted by Gasteiger charge is -2.40. The third-order valence-electron chi connectivity index (χ3n) is 4.97. The van der Waals surface area contributed by atoms with E-state index in [2.05, 4.69) is 46.7 Å². The predicted octanol–water partition coefficient (Wildman–Crippen LogP) is 2.39. The SMILES string of the molecule is CCNC(=NCC1(C)COC1)N1CCC(C)C(n2ccnc2)C1.I. The van der Waals surface area contributed by atoms with Gasteiger partial charge in [0.05, 0.1) is 32.1 Å². The summed E-state index contributed by atoms with van der Waals surface area (Å²) in [5.41, 5.74) is 0.216. The molecule has 6 nitrogen and oxygen atoms in total. The van der Waals surface area contributed by atoms with Crippen LogP contribution in [-0.2, 0) is 4.74 Å². The van der Waals surface area contributed by atoms with Gasteiger partial charge >= 0.3 is 0 Å². The van der Waals surface area contributed by atoms with Gasteiger partial charge in [-0.05, 0) is 19.3 Å². The number of aromatic nitrogens is 2. The van der Waals surface area contributed by atoms with E-state index in [4.69, 9.17) is 9.73 Å². The van der Waals surface area contributed by atoms with E-state index in [9.17, 15) is 0 Å². The van der Waals surface area contributed by atoms with Crippen LogP contribution in [0.4, 0.5) is 0 Å². The number of nitrogens with zero attached hydrogens (tertiary/aromatic N) is 4. The van der Waals surface area contributed by atoms with E-state index in [-0.39, 0.29) is 29.4 Å². The highest BCUT2D eigenvalue weighted by molar-refractivity contribution is 14.0. The van der Waals surface area contributed by atoms with E-state index < -0.39 is 0 Å². The molecule has 2 fully saturated rings. The van der Waals surface area contributed by atoms with Crippen molar-refractivity contribution >= 4 is 29.9 Å². The third-order valence-corrected chi connectivity index (χ3v) is 4.97. The second-order valence-corrected chi connectivity index (χ2v) is 7.26. The number of imidazole rings is 1. The Bertz CT molecular complexity index is 529. The first-order chi connectivity index (χ1) is 11.1. The average molecular weight is 447 g/mol. The van der Waals surface area contributed by atoms with Crippen molar-refractivity contribution in [3.63, 3.8) is 0 Å². The molecular formula is C17H30IN5O. The Labute approximate surface area is 162 Å². The number of nitrogens with one attached hydrogen (secondary N) is 1. The van der Waals surface area contributed by atoms with Gasteiger partial charge in [0.2, 0.25) is 0 Å². The van der Waals surface area contributed by atoms with Crippen LogP contribution in [0.3, 0.4) is 0 Å². The number of hydrogen-bond acceptors (Lipinski definition) is 3. The molecule has 2 aliphatic heterocycles. The molecule has 2 atom stereocenters. The van der Waals surface area contributed by atoms with Gasteiger partial charge in [-0.1, -0.05) is 13.8 Å². The van der Waals surface area contributed by atoms with Crippen LogP contribution in [-0.4, -0.2) is 59.8 Å². The maximum atomic E-state index is 5.34. The second kappa shape index (κ2) is 8.51. The minimum atomic E-state index is 0. The molecule has 136 valence electrons. The quantitative estimate of drug-likeness (QED) is 0.438. The summed E-state index contributed by atoms with van der Waals surface area (Å²) in [5, 5.41) is 3.46. The molecule has 3 rings (SSSR count). The highest BCUT2D eigenvalue weighted by atomic mass is 127. The van der Waals surface area contributed by atoms with Crippen molar-refractivity contribution in [2.24, 2.45) is 16.3 Å². The maximum Gasteiger partial charge on any atom is 0.194 e. The molecule has 0 aliphatic carbocycles. The van der Waals surface area contributed by atoms with Crippen molar-refractivity contribution in [3.8, 4) is 0 Å². The lowest BCUT2D eigenvalue weighted by molar-refractivity contribution is -0.0946. The molecule has 0 saturated carbocycles. The fourth-order valence-corrected chi connectivity index (χ4v) is 3.33. The van der Waals surface area contributed by atoms with Gasteiger partial charge in [-0.15, -0.1) is 24.0 Å². The van der Waals surface area contributed by atoms with Gasteiger partial charge in [-0.25, -0.2) is 4.98 Å². The number of halogens is 1. The van der Waals surface area contributed by atoms with Gasteiger partial charge in [0, 0.05) is 37.4 Å². The van der Waals surface area contributed by atoms with Crippen LogP contribution < -0.4 is 5.32 Å². The topological polar surface area (TPSA) is 54.7 Å². The smallest absolute Gasteiger partial charge is 0.194 e. The van der Waals surface area contributed by atoms with Crippen LogP contribution in [0.2, 0.25) is 0 Å². The molecule has 1 aromatic rings. The summed E-state index contributed by atoms with van der Waals surface area (Å²) in [6.07, 6.45) is 7.04. The summed E-state index contributed by atoms with van der Waals surface area (Å²) in [5.74, 6) is 1.69. The van der Waals surface area contributed by atoms with Crippen LogP contribution in [0.15, 0.2) is 23.7 Å². The minimum absolute atomic E-state index is 0. The standard InChI is InChI=1S/C17H29N5O.HI/c1-4-19-16(20-10-17(3)11-23-12-17)21-7-5-14(2)15(9-21)22-8-6-18-13-22;/h6,8,13-15H,4-5,7,9-12H2,1-3H3,(H,19,20);1H. The summed E-state index contributed by atoms with van der Waals surface area (Å²) in [6, 6.07) is 0.456. The fraction of sp³-hybridized carbons (Fsp3) is 0.765. The predicted molar refractivity (Wildman–Crippen MR) is 107 cm³/mol.